The number of H-pyrrole nitrogens is 2. The topological polar surface area (TPSA) is 83.9 Å². The fourth-order valence-electron chi connectivity index (χ4n) is 1.36. The van der Waals surface area contributed by atoms with Gasteiger partial charge in [-0.3, -0.25) is 0 Å². The molecule has 0 atom stereocenters. The first-order chi connectivity index (χ1) is 6.70. The third-order valence-electron chi connectivity index (χ3n) is 1.95. The molecule has 0 spiro atoms. The summed E-state index contributed by atoms with van der Waals surface area (Å²) in [6.07, 6.45) is 0. The van der Waals surface area contributed by atoms with Gasteiger partial charge in [-0.15, -0.1) is 0 Å². The average molecular weight is 193 g/mol. The zero-order chi connectivity index (χ0) is 10.1. The summed E-state index contributed by atoms with van der Waals surface area (Å²) in [6.45, 7) is 2.42. The SMILES string of the molecule is CCOc1cc2[nH]c(=O)[nH]c2cc1N. The first kappa shape index (κ1) is 8.68. The molecule has 5 nitrogen and oxygen atoms in total. The average Bonchev–Trinajstić information content (AvgIpc) is 2.45. The van der Waals surface area contributed by atoms with E-state index in [0.717, 1.165) is 0 Å². The molecule has 5 heteroatoms. The first-order valence-electron chi connectivity index (χ1n) is 4.35. The molecule has 0 aliphatic carbocycles. The Balaban J connectivity index is 2.63. The molecule has 0 radical (unpaired) electrons. The van der Waals surface area contributed by atoms with Gasteiger partial charge in [-0.25, -0.2) is 4.79 Å². The van der Waals surface area contributed by atoms with E-state index in [1.165, 1.54) is 0 Å². The van der Waals surface area contributed by atoms with Crippen LogP contribution in [0, 0.1) is 0 Å². The second-order valence-corrected chi connectivity index (χ2v) is 2.95. The van der Waals surface area contributed by atoms with Crippen LogP contribution in [0.2, 0.25) is 0 Å². The Kier molecular flexibility index (Phi) is 1.92. The number of aromatic nitrogens is 2. The fourth-order valence-corrected chi connectivity index (χ4v) is 1.36. The Hall–Kier alpha value is -1.91. The molecule has 0 saturated heterocycles. The predicted octanol–water partition coefficient (Wildman–Crippen LogP) is 0.837. The van der Waals surface area contributed by atoms with Crippen molar-refractivity contribution in [1.29, 1.82) is 0 Å². The number of nitrogens with two attached hydrogens (primary N) is 1. The number of benzene rings is 1. The van der Waals surface area contributed by atoms with Gasteiger partial charge < -0.3 is 20.4 Å². The normalized spacial score (nSPS) is 10.6. The minimum absolute atomic E-state index is 0.243. The molecule has 0 amide bonds. The van der Waals surface area contributed by atoms with E-state index < -0.39 is 0 Å². The number of hydrogen-bond acceptors (Lipinski definition) is 3. The summed E-state index contributed by atoms with van der Waals surface area (Å²) in [6, 6.07) is 3.39. The van der Waals surface area contributed by atoms with Crippen molar-refractivity contribution in [1.82, 2.24) is 9.97 Å². The summed E-state index contributed by atoms with van der Waals surface area (Å²) in [7, 11) is 0. The van der Waals surface area contributed by atoms with Gasteiger partial charge in [0.05, 0.1) is 23.3 Å². The monoisotopic (exact) mass is 193 g/mol. The zero-order valence-electron chi connectivity index (χ0n) is 7.76. The van der Waals surface area contributed by atoms with Gasteiger partial charge in [0.1, 0.15) is 5.75 Å². The second kappa shape index (κ2) is 3.10. The number of hydrogen-bond donors (Lipinski definition) is 3. The van der Waals surface area contributed by atoms with Crippen molar-refractivity contribution in [3.05, 3.63) is 22.6 Å². The molecule has 2 aromatic rings. The van der Waals surface area contributed by atoms with Crippen molar-refractivity contribution in [3.63, 3.8) is 0 Å². The van der Waals surface area contributed by atoms with Crippen LogP contribution < -0.4 is 16.2 Å². The summed E-state index contributed by atoms with van der Waals surface area (Å²) in [4.78, 5) is 16.2. The number of ether oxygens (including phenoxy) is 1. The van der Waals surface area contributed by atoms with Gasteiger partial charge >= 0.3 is 5.69 Å². The highest BCUT2D eigenvalue weighted by Gasteiger charge is 2.04. The van der Waals surface area contributed by atoms with E-state index in [-0.39, 0.29) is 5.69 Å². The summed E-state index contributed by atoms with van der Waals surface area (Å²) in [5, 5.41) is 0. The molecule has 74 valence electrons. The number of nitrogen functional groups attached to an aromatic ring is 1. The molecule has 2 rings (SSSR count). The lowest BCUT2D eigenvalue weighted by Gasteiger charge is -2.05. The maximum Gasteiger partial charge on any atom is 0.323 e. The van der Waals surface area contributed by atoms with Gasteiger partial charge in [-0.05, 0) is 13.0 Å². The van der Waals surface area contributed by atoms with E-state index in [2.05, 4.69) is 9.97 Å². The van der Waals surface area contributed by atoms with Crippen molar-refractivity contribution < 1.29 is 4.74 Å². The molecule has 0 bridgehead atoms. The number of imidazole rings is 1. The highest BCUT2D eigenvalue weighted by atomic mass is 16.5. The first-order valence-corrected chi connectivity index (χ1v) is 4.35. The highest BCUT2D eigenvalue weighted by molar-refractivity contribution is 5.81. The van der Waals surface area contributed by atoms with Crippen LogP contribution >= 0.6 is 0 Å². The smallest absolute Gasteiger partial charge is 0.323 e. The fraction of sp³-hybridized carbons (Fsp3) is 0.222. The molecule has 1 aromatic heterocycles. The van der Waals surface area contributed by atoms with Crippen LogP contribution in [-0.4, -0.2) is 16.6 Å². The summed E-state index contributed by atoms with van der Waals surface area (Å²) in [5.41, 5.74) is 7.39. The van der Waals surface area contributed by atoms with Gasteiger partial charge in [0.2, 0.25) is 0 Å². The summed E-state index contributed by atoms with van der Waals surface area (Å²) < 4.78 is 5.29. The number of aromatic amines is 2. The Bertz CT molecular complexity index is 512. The van der Waals surface area contributed by atoms with Crippen molar-refractivity contribution in [2.45, 2.75) is 6.92 Å². The molecule has 1 aromatic carbocycles. The molecular formula is C9H11N3O2. The van der Waals surface area contributed by atoms with Crippen LogP contribution in [0.5, 0.6) is 5.75 Å². The van der Waals surface area contributed by atoms with Crippen LogP contribution in [0.15, 0.2) is 16.9 Å². The van der Waals surface area contributed by atoms with Gasteiger partial charge in [-0.2, -0.15) is 0 Å². The minimum Gasteiger partial charge on any atom is -0.492 e. The van der Waals surface area contributed by atoms with Crippen molar-refractivity contribution in [3.8, 4) is 5.75 Å². The van der Waals surface area contributed by atoms with Crippen LogP contribution in [-0.2, 0) is 0 Å². The van der Waals surface area contributed by atoms with Crippen molar-refractivity contribution in [2.24, 2.45) is 0 Å². The molecular weight excluding hydrogens is 182 g/mol. The van der Waals surface area contributed by atoms with Crippen LogP contribution in [0.25, 0.3) is 11.0 Å². The maximum atomic E-state index is 11.0. The van der Waals surface area contributed by atoms with E-state index >= 15 is 0 Å². The minimum atomic E-state index is -0.243. The number of nitrogens with one attached hydrogen (secondary N) is 2. The Morgan fingerprint density at radius 1 is 1.36 bits per heavy atom. The lowest BCUT2D eigenvalue weighted by molar-refractivity contribution is 0.342. The number of anilines is 1. The van der Waals surface area contributed by atoms with Gasteiger partial charge in [-0.1, -0.05) is 0 Å². The van der Waals surface area contributed by atoms with E-state index in [0.29, 0.717) is 29.1 Å². The Morgan fingerprint density at radius 3 is 2.64 bits per heavy atom. The van der Waals surface area contributed by atoms with E-state index in [1.807, 2.05) is 6.92 Å². The molecule has 0 saturated carbocycles. The third kappa shape index (κ3) is 1.32. The Labute approximate surface area is 79.9 Å². The molecule has 0 fully saturated rings. The van der Waals surface area contributed by atoms with Gasteiger partial charge in [0.15, 0.2) is 0 Å². The number of rotatable bonds is 2. The second-order valence-electron chi connectivity index (χ2n) is 2.95. The lowest BCUT2D eigenvalue weighted by Crippen LogP contribution is -1.99. The van der Waals surface area contributed by atoms with Crippen molar-refractivity contribution >= 4 is 16.7 Å². The summed E-state index contributed by atoms with van der Waals surface area (Å²) in [5.74, 6) is 0.593. The Morgan fingerprint density at radius 2 is 2.00 bits per heavy atom. The molecule has 0 aliphatic rings. The van der Waals surface area contributed by atoms with Gasteiger partial charge in [0, 0.05) is 6.07 Å². The molecule has 4 N–H and O–H groups in total. The predicted molar refractivity (Wildman–Crippen MR) is 54.5 cm³/mol. The summed E-state index contributed by atoms with van der Waals surface area (Å²) >= 11 is 0. The highest BCUT2D eigenvalue weighted by Crippen LogP contribution is 2.25. The van der Waals surface area contributed by atoms with E-state index in [4.69, 9.17) is 10.5 Å². The molecule has 14 heavy (non-hydrogen) atoms. The van der Waals surface area contributed by atoms with Crippen LogP contribution in [0.4, 0.5) is 5.69 Å². The molecule has 1 heterocycles. The van der Waals surface area contributed by atoms with Crippen LogP contribution in [0.1, 0.15) is 6.92 Å². The van der Waals surface area contributed by atoms with Gasteiger partial charge in [0.25, 0.3) is 0 Å². The lowest BCUT2D eigenvalue weighted by atomic mass is 10.2. The molecule has 0 unspecified atom stereocenters. The largest absolute Gasteiger partial charge is 0.492 e. The van der Waals surface area contributed by atoms with Crippen LogP contribution in [0.3, 0.4) is 0 Å². The molecule has 0 aliphatic heterocycles. The zero-order valence-corrected chi connectivity index (χ0v) is 7.76. The maximum absolute atomic E-state index is 11.0. The quantitative estimate of drug-likeness (QED) is 0.618. The van der Waals surface area contributed by atoms with E-state index in [1.54, 1.807) is 12.1 Å². The number of fused-ring (bicyclic) bond motifs is 1. The van der Waals surface area contributed by atoms with Crippen molar-refractivity contribution in [2.75, 3.05) is 12.3 Å². The van der Waals surface area contributed by atoms with E-state index in [9.17, 15) is 4.79 Å². The standard InChI is InChI=1S/C9H11N3O2/c1-2-14-8-4-7-6(3-5(8)10)11-9(13)12-7/h3-4H,2,10H2,1H3,(H2,11,12,13). The third-order valence-corrected chi connectivity index (χ3v) is 1.95.